The molecule has 1 aromatic heterocycles. The molecule has 0 aliphatic heterocycles. The highest BCUT2D eigenvalue weighted by Crippen LogP contribution is 2.41. The minimum Gasteiger partial charge on any atom is -0.489 e. The Bertz CT molecular complexity index is 1530. The Morgan fingerprint density at radius 1 is 1.03 bits per heavy atom. The van der Waals surface area contributed by atoms with Gasteiger partial charge in [0, 0.05) is 23.5 Å². The van der Waals surface area contributed by atoms with Crippen molar-refractivity contribution in [3.63, 3.8) is 0 Å². The van der Waals surface area contributed by atoms with E-state index in [4.69, 9.17) is 4.74 Å². The molecule has 0 saturated heterocycles. The van der Waals surface area contributed by atoms with Gasteiger partial charge in [-0.25, -0.2) is 4.39 Å². The van der Waals surface area contributed by atoms with Crippen LogP contribution >= 0.6 is 0 Å². The fraction of sp³-hybridized carbons (Fsp3) is 0.188. The summed E-state index contributed by atoms with van der Waals surface area (Å²) in [5.74, 6) is -0.307. The molecular formula is C32H28F4N2O. The van der Waals surface area contributed by atoms with Crippen LogP contribution in [0.5, 0.6) is 5.75 Å². The largest absolute Gasteiger partial charge is 0.489 e. The standard InChI is InChI=1S/C32H28F4N2O/c1-2-8-22(17-18-37-24-13-14-24)20-38-29-16-15-25(39-21-23-9-4-3-5-10-23)19-27(29)30(33)31(38)26-11-6-7-12-28(26)32(34,35)36/h2-12,15-19,24,37H,1,13-14,20-21H2/b18-17-,22-8+. The lowest BCUT2D eigenvalue weighted by molar-refractivity contribution is -0.137. The van der Waals surface area contributed by atoms with Crippen molar-refractivity contribution in [1.29, 1.82) is 0 Å². The second-order valence-electron chi connectivity index (χ2n) is 9.50. The molecule has 39 heavy (non-hydrogen) atoms. The molecule has 0 radical (unpaired) electrons. The molecule has 0 spiro atoms. The maximum absolute atomic E-state index is 16.2. The zero-order chi connectivity index (χ0) is 27.4. The van der Waals surface area contributed by atoms with E-state index in [1.54, 1.807) is 34.9 Å². The molecule has 1 aliphatic carbocycles. The Morgan fingerprint density at radius 2 is 1.77 bits per heavy atom. The SMILES string of the molecule is C=C/C=C(\C=C/NC1CC1)Cn1c(-c2ccccc2C(F)(F)F)c(F)c2cc(OCc3ccccc3)ccc21. The molecule has 200 valence electrons. The first-order valence-electron chi connectivity index (χ1n) is 12.7. The molecule has 3 aromatic carbocycles. The molecule has 1 N–H and O–H groups in total. The van der Waals surface area contributed by atoms with Crippen LogP contribution in [0.25, 0.3) is 22.2 Å². The van der Waals surface area contributed by atoms with Crippen LogP contribution in [0.4, 0.5) is 17.6 Å². The van der Waals surface area contributed by atoms with E-state index >= 15 is 4.39 Å². The number of fused-ring (bicyclic) bond motifs is 1. The third-order valence-corrected chi connectivity index (χ3v) is 6.59. The van der Waals surface area contributed by atoms with Crippen LogP contribution in [0, 0.1) is 5.82 Å². The molecule has 5 rings (SSSR count). The monoisotopic (exact) mass is 532 g/mol. The van der Waals surface area contributed by atoms with Gasteiger partial charge in [0.25, 0.3) is 0 Å². The lowest BCUT2D eigenvalue weighted by Crippen LogP contribution is -2.10. The number of rotatable bonds is 10. The Kier molecular flexibility index (Phi) is 7.59. The minimum atomic E-state index is -4.65. The van der Waals surface area contributed by atoms with Crippen LogP contribution < -0.4 is 10.1 Å². The van der Waals surface area contributed by atoms with E-state index in [2.05, 4.69) is 11.9 Å². The van der Waals surface area contributed by atoms with Gasteiger partial charge in [-0.2, -0.15) is 13.2 Å². The van der Waals surface area contributed by atoms with Crippen molar-refractivity contribution in [2.45, 2.75) is 38.2 Å². The quantitative estimate of drug-likeness (QED) is 0.164. The van der Waals surface area contributed by atoms with Crippen molar-refractivity contribution in [3.05, 3.63) is 126 Å². The molecule has 4 aromatic rings. The van der Waals surface area contributed by atoms with E-state index in [9.17, 15) is 13.2 Å². The number of nitrogens with one attached hydrogen (secondary N) is 1. The average molecular weight is 533 g/mol. The van der Waals surface area contributed by atoms with Crippen LogP contribution in [-0.4, -0.2) is 10.6 Å². The summed E-state index contributed by atoms with van der Waals surface area (Å²) in [6, 6.07) is 20.0. The van der Waals surface area contributed by atoms with E-state index in [0.29, 0.717) is 17.3 Å². The van der Waals surface area contributed by atoms with Crippen LogP contribution in [0.2, 0.25) is 0 Å². The number of hydrogen-bond donors (Lipinski definition) is 1. The van der Waals surface area contributed by atoms with Crippen LogP contribution in [0.15, 0.2) is 109 Å². The third-order valence-electron chi connectivity index (χ3n) is 6.59. The molecule has 1 heterocycles. The predicted molar refractivity (Wildman–Crippen MR) is 147 cm³/mol. The number of nitrogens with zero attached hydrogens (tertiary/aromatic N) is 1. The summed E-state index contributed by atoms with van der Waals surface area (Å²) in [5, 5.41) is 3.47. The maximum Gasteiger partial charge on any atom is 0.417 e. The first-order chi connectivity index (χ1) is 18.8. The van der Waals surface area contributed by atoms with Gasteiger partial charge in [0.2, 0.25) is 0 Å². The fourth-order valence-corrected chi connectivity index (χ4v) is 4.52. The number of ether oxygens (including phenoxy) is 1. The van der Waals surface area contributed by atoms with Gasteiger partial charge in [-0.3, -0.25) is 0 Å². The van der Waals surface area contributed by atoms with Crippen molar-refractivity contribution in [2.24, 2.45) is 0 Å². The molecule has 1 aliphatic rings. The number of alkyl halides is 3. The Hall–Kier alpha value is -4.26. The van der Waals surface area contributed by atoms with Gasteiger partial charge >= 0.3 is 6.18 Å². The van der Waals surface area contributed by atoms with Gasteiger partial charge in [0.05, 0.1) is 16.8 Å². The topological polar surface area (TPSA) is 26.2 Å². The summed E-state index contributed by atoms with van der Waals surface area (Å²) in [6.45, 7) is 4.19. The number of benzene rings is 3. The Balaban J connectivity index is 1.60. The summed E-state index contributed by atoms with van der Waals surface area (Å²) in [6.07, 6.45) is 4.61. The Morgan fingerprint density at radius 3 is 2.49 bits per heavy atom. The number of aromatic nitrogens is 1. The van der Waals surface area contributed by atoms with E-state index in [0.717, 1.165) is 30.0 Å². The van der Waals surface area contributed by atoms with E-state index in [1.165, 1.54) is 18.2 Å². The van der Waals surface area contributed by atoms with Gasteiger partial charge in [0.15, 0.2) is 5.82 Å². The second kappa shape index (κ2) is 11.2. The molecule has 3 nitrogen and oxygen atoms in total. The molecule has 1 saturated carbocycles. The highest BCUT2D eigenvalue weighted by Gasteiger charge is 2.35. The zero-order valence-corrected chi connectivity index (χ0v) is 21.2. The summed E-state index contributed by atoms with van der Waals surface area (Å²) in [5.41, 5.74) is 0.922. The first-order valence-corrected chi connectivity index (χ1v) is 12.7. The lowest BCUT2D eigenvalue weighted by Gasteiger charge is -2.16. The predicted octanol–water partition coefficient (Wildman–Crippen LogP) is 8.42. The van der Waals surface area contributed by atoms with Gasteiger partial charge in [-0.05, 0) is 60.5 Å². The van der Waals surface area contributed by atoms with E-state index in [1.807, 2.05) is 42.6 Å². The van der Waals surface area contributed by atoms with Gasteiger partial charge in [-0.1, -0.05) is 67.3 Å². The molecule has 0 atom stereocenters. The van der Waals surface area contributed by atoms with Crippen LogP contribution in [0.3, 0.4) is 0 Å². The van der Waals surface area contributed by atoms with Crippen LogP contribution in [-0.2, 0) is 19.3 Å². The maximum atomic E-state index is 16.2. The molecule has 1 fully saturated rings. The summed E-state index contributed by atoms with van der Waals surface area (Å²) in [4.78, 5) is 0. The summed E-state index contributed by atoms with van der Waals surface area (Å²) < 4.78 is 65.7. The molecule has 7 heteroatoms. The summed E-state index contributed by atoms with van der Waals surface area (Å²) >= 11 is 0. The van der Waals surface area contributed by atoms with Gasteiger partial charge < -0.3 is 14.6 Å². The highest BCUT2D eigenvalue weighted by atomic mass is 19.4. The van der Waals surface area contributed by atoms with E-state index < -0.39 is 17.6 Å². The first kappa shape index (κ1) is 26.4. The van der Waals surface area contributed by atoms with Crippen molar-refractivity contribution in [3.8, 4) is 17.0 Å². The number of allylic oxidation sites excluding steroid dienone is 4. The second-order valence-corrected chi connectivity index (χ2v) is 9.50. The third kappa shape index (κ3) is 6.08. The molecule has 0 unspecified atom stereocenters. The number of halogens is 4. The lowest BCUT2D eigenvalue weighted by atomic mass is 10.0. The molecular weight excluding hydrogens is 504 g/mol. The Labute approximate surface area is 224 Å². The molecule has 0 bridgehead atoms. The molecule has 0 amide bonds. The minimum absolute atomic E-state index is 0.128. The van der Waals surface area contributed by atoms with Crippen molar-refractivity contribution in [2.75, 3.05) is 0 Å². The van der Waals surface area contributed by atoms with Crippen molar-refractivity contribution in [1.82, 2.24) is 9.88 Å². The summed E-state index contributed by atoms with van der Waals surface area (Å²) in [7, 11) is 0. The van der Waals surface area contributed by atoms with Crippen LogP contribution in [0.1, 0.15) is 24.0 Å². The fourth-order valence-electron chi connectivity index (χ4n) is 4.52. The highest BCUT2D eigenvalue weighted by molar-refractivity contribution is 5.90. The zero-order valence-electron chi connectivity index (χ0n) is 21.2. The van der Waals surface area contributed by atoms with E-state index in [-0.39, 0.29) is 29.8 Å². The average Bonchev–Trinajstić information content (AvgIpc) is 3.72. The van der Waals surface area contributed by atoms with Gasteiger partial charge in [-0.15, -0.1) is 0 Å². The van der Waals surface area contributed by atoms with Gasteiger partial charge in [0.1, 0.15) is 12.4 Å². The normalized spacial score (nSPS) is 14.2. The van der Waals surface area contributed by atoms with Crippen molar-refractivity contribution < 1.29 is 22.3 Å². The number of hydrogen-bond acceptors (Lipinski definition) is 2. The van der Waals surface area contributed by atoms with Crippen molar-refractivity contribution >= 4 is 10.9 Å². The smallest absolute Gasteiger partial charge is 0.417 e.